The molecular weight excluding hydrogens is 359 g/mol. The number of hydrogen-bond acceptors (Lipinski definition) is 1. The Kier molecular flexibility index (Phi) is 3.92. The van der Waals surface area contributed by atoms with E-state index in [9.17, 15) is 4.79 Å². The van der Waals surface area contributed by atoms with Crippen LogP contribution in [0.25, 0.3) is 0 Å². The molecule has 102 valence electrons. The lowest BCUT2D eigenvalue weighted by atomic mass is 9.61. The summed E-state index contributed by atoms with van der Waals surface area (Å²) in [5, 5.41) is 0. The zero-order chi connectivity index (χ0) is 14.0. The highest BCUT2D eigenvalue weighted by Crippen LogP contribution is 2.45. The molecule has 0 unspecified atom stereocenters. The molecule has 1 aliphatic carbocycles. The Hall–Kier alpha value is -1.16. The average Bonchev–Trinajstić information content (AvgIpc) is 2.41. The van der Waals surface area contributed by atoms with Crippen LogP contribution >= 0.6 is 22.6 Å². The van der Waals surface area contributed by atoms with Gasteiger partial charge >= 0.3 is 0 Å². The van der Waals surface area contributed by atoms with Gasteiger partial charge in [-0.2, -0.15) is 0 Å². The fraction of sp³-hybridized carbons (Fsp3) is 0.278. The molecule has 1 aliphatic rings. The Bertz CT molecular complexity index is 597. The molecule has 0 bridgehead atoms. The molecule has 0 aliphatic heterocycles. The summed E-state index contributed by atoms with van der Waals surface area (Å²) in [7, 11) is 0. The SMILES string of the molecule is O=C(Cc1ccc(I)cc1)C1(c2ccccc2)CCC1. The zero-order valence-electron chi connectivity index (χ0n) is 11.3. The summed E-state index contributed by atoms with van der Waals surface area (Å²) in [5.74, 6) is 0.371. The Morgan fingerprint density at radius 3 is 2.20 bits per heavy atom. The van der Waals surface area contributed by atoms with Crippen molar-refractivity contribution in [3.8, 4) is 0 Å². The van der Waals surface area contributed by atoms with E-state index in [4.69, 9.17) is 0 Å². The Balaban J connectivity index is 1.83. The molecule has 2 aromatic rings. The number of carbonyl (C=O) groups excluding carboxylic acids is 1. The lowest BCUT2D eigenvalue weighted by molar-refractivity contribution is -0.127. The predicted octanol–water partition coefficient (Wildman–Crippen LogP) is 4.52. The summed E-state index contributed by atoms with van der Waals surface area (Å²) in [6.07, 6.45) is 3.71. The third kappa shape index (κ3) is 2.53. The van der Waals surface area contributed by atoms with Crippen LogP contribution in [-0.4, -0.2) is 5.78 Å². The summed E-state index contributed by atoms with van der Waals surface area (Å²) >= 11 is 2.29. The molecule has 0 N–H and O–H groups in total. The normalized spacial score (nSPS) is 16.4. The van der Waals surface area contributed by atoms with Crippen LogP contribution in [0.1, 0.15) is 30.4 Å². The maximum atomic E-state index is 12.8. The van der Waals surface area contributed by atoms with Gasteiger partial charge in [-0.1, -0.05) is 48.9 Å². The number of hydrogen-bond donors (Lipinski definition) is 0. The van der Waals surface area contributed by atoms with Crippen LogP contribution in [-0.2, 0) is 16.6 Å². The number of carbonyl (C=O) groups is 1. The van der Waals surface area contributed by atoms with Gasteiger partial charge in [0, 0.05) is 9.99 Å². The quantitative estimate of drug-likeness (QED) is 0.717. The number of rotatable bonds is 4. The van der Waals surface area contributed by atoms with Gasteiger partial charge in [-0.3, -0.25) is 4.79 Å². The molecule has 2 aromatic carbocycles. The molecular formula is C18H17IO. The second kappa shape index (κ2) is 5.68. The summed E-state index contributed by atoms with van der Waals surface area (Å²) in [6, 6.07) is 18.6. The molecule has 0 saturated heterocycles. The fourth-order valence-corrected chi connectivity index (χ4v) is 3.33. The van der Waals surface area contributed by atoms with Gasteiger partial charge in [-0.05, 0) is 58.7 Å². The van der Waals surface area contributed by atoms with E-state index in [0.29, 0.717) is 12.2 Å². The molecule has 0 spiro atoms. The first-order valence-electron chi connectivity index (χ1n) is 7.04. The summed E-state index contributed by atoms with van der Waals surface area (Å²) in [5.41, 5.74) is 2.10. The molecule has 0 amide bonds. The second-order valence-corrected chi connectivity index (χ2v) is 6.77. The minimum atomic E-state index is -0.218. The van der Waals surface area contributed by atoms with Crippen molar-refractivity contribution < 1.29 is 4.79 Å². The van der Waals surface area contributed by atoms with Gasteiger partial charge < -0.3 is 0 Å². The van der Waals surface area contributed by atoms with Crippen molar-refractivity contribution in [2.24, 2.45) is 0 Å². The zero-order valence-corrected chi connectivity index (χ0v) is 13.5. The van der Waals surface area contributed by atoms with Crippen molar-refractivity contribution in [3.63, 3.8) is 0 Å². The fourth-order valence-electron chi connectivity index (χ4n) is 2.97. The van der Waals surface area contributed by atoms with E-state index in [1.54, 1.807) is 0 Å². The van der Waals surface area contributed by atoms with Crippen LogP contribution in [0, 0.1) is 3.57 Å². The smallest absolute Gasteiger partial charge is 0.147 e. The van der Waals surface area contributed by atoms with Gasteiger partial charge in [0.25, 0.3) is 0 Å². The number of halogens is 1. The van der Waals surface area contributed by atoms with Gasteiger partial charge in [0.1, 0.15) is 5.78 Å². The molecule has 1 fully saturated rings. The van der Waals surface area contributed by atoms with Crippen LogP contribution in [0.4, 0.5) is 0 Å². The molecule has 0 aromatic heterocycles. The summed E-state index contributed by atoms with van der Waals surface area (Å²) in [4.78, 5) is 12.8. The summed E-state index contributed by atoms with van der Waals surface area (Å²) in [6.45, 7) is 0. The molecule has 1 nitrogen and oxygen atoms in total. The highest BCUT2D eigenvalue weighted by Gasteiger charge is 2.44. The second-order valence-electron chi connectivity index (χ2n) is 5.53. The monoisotopic (exact) mass is 376 g/mol. The van der Waals surface area contributed by atoms with Crippen molar-refractivity contribution in [1.82, 2.24) is 0 Å². The highest BCUT2D eigenvalue weighted by atomic mass is 127. The van der Waals surface area contributed by atoms with Crippen LogP contribution in [0.15, 0.2) is 54.6 Å². The van der Waals surface area contributed by atoms with Crippen molar-refractivity contribution in [2.75, 3.05) is 0 Å². The van der Waals surface area contributed by atoms with Gasteiger partial charge in [0.15, 0.2) is 0 Å². The maximum Gasteiger partial charge on any atom is 0.147 e. The Morgan fingerprint density at radius 1 is 1.00 bits per heavy atom. The molecule has 1 saturated carbocycles. The Morgan fingerprint density at radius 2 is 1.65 bits per heavy atom. The van der Waals surface area contributed by atoms with E-state index in [2.05, 4.69) is 59.0 Å². The van der Waals surface area contributed by atoms with E-state index in [1.807, 2.05) is 18.2 Å². The van der Waals surface area contributed by atoms with E-state index in [0.717, 1.165) is 24.8 Å². The average molecular weight is 376 g/mol. The summed E-state index contributed by atoms with van der Waals surface area (Å²) < 4.78 is 1.21. The molecule has 2 heteroatoms. The third-order valence-electron chi connectivity index (χ3n) is 4.35. The third-order valence-corrected chi connectivity index (χ3v) is 5.06. The maximum absolute atomic E-state index is 12.8. The van der Waals surface area contributed by atoms with Gasteiger partial charge in [0.05, 0.1) is 5.41 Å². The van der Waals surface area contributed by atoms with Crippen LogP contribution in [0.5, 0.6) is 0 Å². The molecule has 20 heavy (non-hydrogen) atoms. The van der Waals surface area contributed by atoms with Crippen LogP contribution < -0.4 is 0 Å². The number of ketones is 1. The first kappa shape index (κ1) is 13.8. The number of Topliss-reactive ketones (excluding diaryl/α,β-unsaturated/α-hetero) is 1. The van der Waals surface area contributed by atoms with Crippen molar-refractivity contribution in [1.29, 1.82) is 0 Å². The molecule has 0 radical (unpaired) electrons. The first-order valence-corrected chi connectivity index (χ1v) is 8.12. The minimum Gasteiger partial charge on any atom is -0.298 e. The van der Waals surface area contributed by atoms with Crippen molar-refractivity contribution >= 4 is 28.4 Å². The van der Waals surface area contributed by atoms with E-state index in [-0.39, 0.29) is 5.41 Å². The topological polar surface area (TPSA) is 17.1 Å². The van der Waals surface area contributed by atoms with Gasteiger partial charge in [-0.25, -0.2) is 0 Å². The largest absolute Gasteiger partial charge is 0.298 e. The standard InChI is InChI=1S/C18H17IO/c19-16-9-7-14(8-10-16)13-17(20)18(11-4-12-18)15-5-2-1-3-6-15/h1-3,5-10H,4,11-13H2. The molecule has 0 atom stereocenters. The van der Waals surface area contributed by atoms with Crippen LogP contribution in [0.3, 0.4) is 0 Å². The lowest BCUT2D eigenvalue weighted by Crippen LogP contribution is -2.43. The van der Waals surface area contributed by atoms with E-state index >= 15 is 0 Å². The van der Waals surface area contributed by atoms with Gasteiger partial charge in [0.2, 0.25) is 0 Å². The van der Waals surface area contributed by atoms with E-state index < -0.39 is 0 Å². The first-order chi connectivity index (χ1) is 9.71. The van der Waals surface area contributed by atoms with Crippen molar-refractivity contribution in [2.45, 2.75) is 31.1 Å². The van der Waals surface area contributed by atoms with Crippen LogP contribution in [0.2, 0.25) is 0 Å². The minimum absolute atomic E-state index is 0.218. The van der Waals surface area contributed by atoms with E-state index in [1.165, 1.54) is 9.13 Å². The lowest BCUT2D eigenvalue weighted by Gasteiger charge is -2.41. The number of benzene rings is 2. The highest BCUT2D eigenvalue weighted by molar-refractivity contribution is 14.1. The predicted molar refractivity (Wildman–Crippen MR) is 89.8 cm³/mol. The molecule has 0 heterocycles. The Labute approximate surface area is 133 Å². The molecule has 3 rings (SSSR count). The van der Waals surface area contributed by atoms with Crippen molar-refractivity contribution in [3.05, 3.63) is 69.3 Å². The van der Waals surface area contributed by atoms with Gasteiger partial charge in [-0.15, -0.1) is 0 Å².